The summed E-state index contributed by atoms with van der Waals surface area (Å²) in [5.74, 6) is 0.237. The first-order chi connectivity index (χ1) is 13.7. The van der Waals surface area contributed by atoms with Crippen molar-refractivity contribution in [1.29, 1.82) is 0 Å². The van der Waals surface area contributed by atoms with Gasteiger partial charge < -0.3 is 0 Å². The minimum absolute atomic E-state index is 0.0139. The molecule has 0 bridgehead atoms. The number of hydrogen-bond donors (Lipinski definition) is 0. The van der Waals surface area contributed by atoms with Gasteiger partial charge in [0.25, 0.3) is 5.56 Å². The predicted molar refractivity (Wildman–Crippen MR) is 116 cm³/mol. The number of thioether (sulfide) groups is 1. The van der Waals surface area contributed by atoms with Crippen LogP contribution in [0.15, 0.2) is 76.7 Å². The Morgan fingerprint density at radius 3 is 2.43 bits per heavy atom. The van der Waals surface area contributed by atoms with E-state index < -0.39 is 0 Å². The van der Waals surface area contributed by atoms with E-state index in [4.69, 9.17) is 4.98 Å². The fraction of sp³-hybridized carbons (Fsp3) is 0.136. The highest BCUT2D eigenvalue weighted by Crippen LogP contribution is 2.27. The van der Waals surface area contributed by atoms with Crippen molar-refractivity contribution in [3.8, 4) is 5.69 Å². The number of Topliss-reactive ketones (excluding diaryl/α,β-unsaturated/α-hetero) is 1. The summed E-state index contributed by atoms with van der Waals surface area (Å²) in [7, 11) is 0. The Kier molecular flexibility index (Phi) is 5.41. The molecule has 0 atom stereocenters. The second-order valence-corrected chi connectivity index (χ2v) is 8.29. The molecule has 0 radical (unpaired) electrons. The summed E-state index contributed by atoms with van der Waals surface area (Å²) in [5, 5.41) is 1.17. The molecule has 0 saturated carbocycles. The molecule has 4 nitrogen and oxygen atoms in total. The number of para-hydroxylation sites is 1. The molecular weight excluding hydrogens is 388 g/mol. The van der Waals surface area contributed by atoms with Gasteiger partial charge in [0.1, 0.15) is 4.83 Å². The molecule has 0 aliphatic rings. The highest BCUT2D eigenvalue weighted by molar-refractivity contribution is 7.99. The quantitative estimate of drug-likeness (QED) is 0.257. The van der Waals surface area contributed by atoms with E-state index in [0.717, 1.165) is 21.8 Å². The Morgan fingerprint density at radius 2 is 1.75 bits per heavy atom. The molecule has 2 aromatic heterocycles. The van der Waals surface area contributed by atoms with Crippen LogP contribution in [0, 0.1) is 0 Å². The van der Waals surface area contributed by atoms with Gasteiger partial charge in [-0.05, 0) is 24.6 Å². The lowest BCUT2D eigenvalue weighted by molar-refractivity contribution is 0.102. The number of fused-ring (bicyclic) bond motifs is 1. The second-order valence-electron chi connectivity index (χ2n) is 6.23. The van der Waals surface area contributed by atoms with Gasteiger partial charge in [-0.2, -0.15) is 0 Å². The van der Waals surface area contributed by atoms with Gasteiger partial charge in [0.2, 0.25) is 0 Å². The average Bonchev–Trinajstić information content (AvgIpc) is 3.17. The number of hydrogen-bond acceptors (Lipinski definition) is 5. The minimum atomic E-state index is -0.0955. The van der Waals surface area contributed by atoms with E-state index in [0.29, 0.717) is 16.1 Å². The van der Waals surface area contributed by atoms with Crippen LogP contribution < -0.4 is 5.56 Å². The van der Waals surface area contributed by atoms with Gasteiger partial charge in [0.15, 0.2) is 10.9 Å². The van der Waals surface area contributed by atoms with E-state index in [1.807, 2.05) is 54.6 Å². The van der Waals surface area contributed by atoms with Crippen molar-refractivity contribution in [3.63, 3.8) is 0 Å². The number of rotatable bonds is 6. The summed E-state index contributed by atoms with van der Waals surface area (Å²) in [6.07, 6.45) is 0.862. The Hall–Kier alpha value is -2.70. The molecular formula is C22H18N2O2S2. The highest BCUT2D eigenvalue weighted by Gasteiger charge is 2.17. The number of ketones is 1. The van der Waals surface area contributed by atoms with Gasteiger partial charge in [-0.15, -0.1) is 11.3 Å². The minimum Gasteiger partial charge on any atom is -0.293 e. The summed E-state index contributed by atoms with van der Waals surface area (Å²) < 4.78 is 1.61. The Labute approximate surface area is 170 Å². The summed E-state index contributed by atoms with van der Waals surface area (Å²) in [4.78, 5) is 32.3. The lowest BCUT2D eigenvalue weighted by Gasteiger charge is -2.11. The molecule has 4 aromatic rings. The SMILES string of the molecule is CCc1cc2c(=O)n(-c3ccccc3)c(SCC(=O)c3ccccc3)nc2s1. The van der Waals surface area contributed by atoms with Crippen molar-refractivity contribution in [2.24, 2.45) is 0 Å². The van der Waals surface area contributed by atoms with Gasteiger partial charge in [0, 0.05) is 10.4 Å². The zero-order chi connectivity index (χ0) is 19.5. The molecule has 0 fully saturated rings. The first-order valence-corrected chi connectivity index (χ1v) is 10.8. The van der Waals surface area contributed by atoms with Crippen LogP contribution in [0.25, 0.3) is 15.9 Å². The van der Waals surface area contributed by atoms with E-state index >= 15 is 0 Å². The van der Waals surface area contributed by atoms with E-state index in [-0.39, 0.29) is 17.1 Å². The Morgan fingerprint density at radius 1 is 1.07 bits per heavy atom. The summed E-state index contributed by atoms with van der Waals surface area (Å²) in [6, 6.07) is 20.6. The summed E-state index contributed by atoms with van der Waals surface area (Å²) in [6.45, 7) is 2.06. The second kappa shape index (κ2) is 8.12. The largest absolute Gasteiger partial charge is 0.293 e. The lowest BCUT2D eigenvalue weighted by Crippen LogP contribution is -2.21. The smallest absolute Gasteiger partial charge is 0.267 e. The van der Waals surface area contributed by atoms with E-state index in [9.17, 15) is 9.59 Å². The number of aromatic nitrogens is 2. The maximum atomic E-state index is 13.2. The molecule has 2 aromatic carbocycles. The van der Waals surface area contributed by atoms with Crippen LogP contribution in [-0.4, -0.2) is 21.1 Å². The van der Waals surface area contributed by atoms with E-state index in [2.05, 4.69) is 6.92 Å². The molecule has 0 aliphatic carbocycles. The molecule has 0 spiro atoms. The molecule has 6 heteroatoms. The molecule has 140 valence electrons. The van der Waals surface area contributed by atoms with Crippen LogP contribution in [0.2, 0.25) is 0 Å². The van der Waals surface area contributed by atoms with Crippen LogP contribution >= 0.6 is 23.1 Å². The topological polar surface area (TPSA) is 52.0 Å². The maximum absolute atomic E-state index is 13.2. The van der Waals surface area contributed by atoms with Crippen LogP contribution in [0.3, 0.4) is 0 Å². The summed E-state index contributed by atoms with van der Waals surface area (Å²) >= 11 is 2.84. The third-order valence-electron chi connectivity index (χ3n) is 4.38. The highest BCUT2D eigenvalue weighted by atomic mass is 32.2. The normalized spacial score (nSPS) is 11.0. The van der Waals surface area contributed by atoms with Crippen molar-refractivity contribution in [3.05, 3.63) is 87.5 Å². The molecule has 0 amide bonds. The van der Waals surface area contributed by atoms with E-state index in [1.54, 1.807) is 16.7 Å². The standard InChI is InChI=1S/C22H18N2O2S2/c1-2-17-13-18-20(28-17)23-22(24(21(18)26)16-11-7-4-8-12-16)27-14-19(25)15-9-5-3-6-10-15/h3-13H,2,14H2,1H3. The maximum Gasteiger partial charge on any atom is 0.267 e. The number of carbonyl (C=O) groups excluding carboxylic acids is 1. The number of thiophene rings is 1. The third-order valence-corrected chi connectivity index (χ3v) is 6.49. The van der Waals surface area contributed by atoms with Gasteiger partial charge >= 0.3 is 0 Å². The Balaban J connectivity index is 1.77. The van der Waals surface area contributed by atoms with Crippen LogP contribution in [0.1, 0.15) is 22.2 Å². The lowest BCUT2D eigenvalue weighted by atomic mass is 10.2. The number of benzene rings is 2. The number of aryl methyl sites for hydroxylation is 1. The van der Waals surface area contributed by atoms with Crippen LogP contribution in [0.5, 0.6) is 0 Å². The zero-order valence-corrected chi connectivity index (χ0v) is 16.9. The van der Waals surface area contributed by atoms with Gasteiger partial charge in [0.05, 0.1) is 16.8 Å². The third kappa shape index (κ3) is 3.66. The molecule has 28 heavy (non-hydrogen) atoms. The fourth-order valence-electron chi connectivity index (χ4n) is 2.93. The van der Waals surface area contributed by atoms with E-state index in [1.165, 1.54) is 23.1 Å². The Bertz CT molecular complexity index is 1180. The average molecular weight is 407 g/mol. The van der Waals surface area contributed by atoms with Gasteiger partial charge in [-0.3, -0.25) is 14.2 Å². The van der Waals surface area contributed by atoms with Crippen LogP contribution in [-0.2, 0) is 6.42 Å². The van der Waals surface area contributed by atoms with Gasteiger partial charge in [-0.25, -0.2) is 4.98 Å². The van der Waals surface area contributed by atoms with Crippen LogP contribution in [0.4, 0.5) is 0 Å². The molecule has 0 saturated heterocycles. The molecule has 2 heterocycles. The fourth-order valence-corrected chi connectivity index (χ4v) is 4.84. The van der Waals surface area contributed by atoms with Crippen molar-refractivity contribution in [1.82, 2.24) is 9.55 Å². The molecule has 0 N–H and O–H groups in total. The predicted octanol–water partition coefficient (Wildman–Crippen LogP) is 4.98. The summed E-state index contributed by atoms with van der Waals surface area (Å²) in [5.41, 5.74) is 1.32. The zero-order valence-electron chi connectivity index (χ0n) is 15.3. The van der Waals surface area contributed by atoms with Crippen molar-refractivity contribution >= 4 is 39.1 Å². The molecule has 0 aliphatic heterocycles. The van der Waals surface area contributed by atoms with Crippen molar-refractivity contribution < 1.29 is 4.79 Å². The first-order valence-electron chi connectivity index (χ1n) is 8.99. The number of nitrogens with zero attached hydrogens (tertiary/aromatic N) is 2. The first kappa shape index (κ1) is 18.7. The molecule has 4 rings (SSSR count). The van der Waals surface area contributed by atoms with Crippen molar-refractivity contribution in [2.45, 2.75) is 18.5 Å². The molecule has 0 unspecified atom stereocenters. The van der Waals surface area contributed by atoms with Crippen molar-refractivity contribution in [2.75, 3.05) is 5.75 Å². The number of carbonyl (C=O) groups is 1. The van der Waals surface area contributed by atoms with Gasteiger partial charge in [-0.1, -0.05) is 67.2 Å². The monoisotopic (exact) mass is 406 g/mol.